The Balaban J connectivity index is 1.38. The van der Waals surface area contributed by atoms with E-state index >= 15 is 0 Å². The predicted molar refractivity (Wildman–Crippen MR) is 171 cm³/mol. The van der Waals surface area contributed by atoms with E-state index in [9.17, 15) is 0 Å². The SMILES string of the molecule is Clc1ccc(-c2cc(N(c3ccccc3)c3ccc4c(c3)Oc3ccccc3O4)c3c(c2)sc2ccccc23)cc1. The van der Waals surface area contributed by atoms with E-state index in [2.05, 4.69) is 89.8 Å². The van der Waals surface area contributed by atoms with E-state index in [1.807, 2.05) is 59.9 Å². The van der Waals surface area contributed by atoms with E-state index in [0.717, 1.165) is 39.0 Å². The Labute approximate surface area is 246 Å². The van der Waals surface area contributed by atoms with Crippen molar-refractivity contribution in [3.63, 3.8) is 0 Å². The number of hydrogen-bond donors (Lipinski definition) is 0. The molecule has 0 N–H and O–H groups in total. The molecule has 0 atom stereocenters. The lowest BCUT2D eigenvalue weighted by atomic mass is 10.0. The van der Waals surface area contributed by atoms with Crippen molar-refractivity contribution in [3.8, 4) is 34.1 Å². The van der Waals surface area contributed by atoms with Crippen LogP contribution in [0.2, 0.25) is 5.02 Å². The van der Waals surface area contributed by atoms with Crippen LogP contribution < -0.4 is 14.4 Å². The summed E-state index contributed by atoms with van der Waals surface area (Å²) in [6.45, 7) is 0. The van der Waals surface area contributed by atoms with Crippen LogP contribution in [0.3, 0.4) is 0 Å². The summed E-state index contributed by atoms with van der Waals surface area (Å²) in [7, 11) is 0. The van der Waals surface area contributed by atoms with Gasteiger partial charge in [-0.2, -0.15) is 0 Å². The molecule has 41 heavy (non-hydrogen) atoms. The molecule has 1 aromatic heterocycles. The summed E-state index contributed by atoms with van der Waals surface area (Å²) in [6, 6.07) is 45.6. The maximum Gasteiger partial charge on any atom is 0.172 e. The zero-order chi connectivity index (χ0) is 27.3. The first-order valence-electron chi connectivity index (χ1n) is 13.4. The normalized spacial score (nSPS) is 11.9. The molecule has 1 aliphatic rings. The molecule has 0 saturated carbocycles. The minimum atomic E-state index is 0.683. The first kappa shape index (κ1) is 24.1. The van der Waals surface area contributed by atoms with Crippen molar-refractivity contribution in [1.29, 1.82) is 0 Å². The van der Waals surface area contributed by atoms with Gasteiger partial charge in [0, 0.05) is 36.9 Å². The average Bonchev–Trinajstić information content (AvgIpc) is 3.40. The lowest BCUT2D eigenvalue weighted by Crippen LogP contribution is -2.11. The van der Waals surface area contributed by atoms with Crippen LogP contribution in [0.25, 0.3) is 31.3 Å². The molecule has 0 spiro atoms. The van der Waals surface area contributed by atoms with Crippen LogP contribution >= 0.6 is 22.9 Å². The number of anilines is 3. The first-order valence-corrected chi connectivity index (χ1v) is 14.6. The molecule has 1 aliphatic heterocycles. The topological polar surface area (TPSA) is 21.7 Å². The Morgan fingerprint density at radius 3 is 2.00 bits per heavy atom. The fourth-order valence-electron chi connectivity index (χ4n) is 5.48. The van der Waals surface area contributed by atoms with Crippen LogP contribution in [0.5, 0.6) is 23.0 Å². The van der Waals surface area contributed by atoms with E-state index in [4.69, 9.17) is 21.1 Å². The van der Waals surface area contributed by atoms with Crippen molar-refractivity contribution in [3.05, 3.63) is 138 Å². The number of rotatable bonds is 4. The minimum Gasteiger partial charge on any atom is -0.450 e. The van der Waals surface area contributed by atoms with Crippen molar-refractivity contribution in [2.75, 3.05) is 4.90 Å². The van der Waals surface area contributed by atoms with Gasteiger partial charge in [0.25, 0.3) is 0 Å². The number of halogens is 1. The van der Waals surface area contributed by atoms with Gasteiger partial charge in [0.15, 0.2) is 23.0 Å². The Kier molecular flexibility index (Phi) is 5.69. The van der Waals surface area contributed by atoms with Crippen molar-refractivity contribution < 1.29 is 9.47 Å². The third-order valence-corrected chi connectivity index (χ3v) is 8.73. The van der Waals surface area contributed by atoms with Crippen molar-refractivity contribution >= 4 is 60.2 Å². The summed E-state index contributed by atoms with van der Waals surface area (Å²) in [6.07, 6.45) is 0. The van der Waals surface area contributed by atoms with Gasteiger partial charge in [-0.15, -0.1) is 11.3 Å². The van der Waals surface area contributed by atoms with E-state index < -0.39 is 0 Å². The summed E-state index contributed by atoms with van der Waals surface area (Å²) in [5, 5.41) is 3.17. The van der Waals surface area contributed by atoms with Gasteiger partial charge in [0.1, 0.15) is 0 Å². The molecule has 3 nitrogen and oxygen atoms in total. The third kappa shape index (κ3) is 4.20. The monoisotopic (exact) mass is 567 g/mol. The van der Waals surface area contributed by atoms with Crippen molar-refractivity contribution in [2.45, 2.75) is 0 Å². The predicted octanol–water partition coefficient (Wildman–Crippen LogP) is 11.7. The number of nitrogens with zero attached hydrogens (tertiary/aromatic N) is 1. The summed E-state index contributed by atoms with van der Waals surface area (Å²) in [4.78, 5) is 2.31. The van der Waals surface area contributed by atoms with Crippen LogP contribution in [0, 0.1) is 0 Å². The second-order valence-electron chi connectivity index (χ2n) is 9.93. The van der Waals surface area contributed by atoms with E-state index in [1.165, 1.54) is 20.2 Å². The van der Waals surface area contributed by atoms with Crippen LogP contribution in [0.1, 0.15) is 0 Å². The summed E-state index contributed by atoms with van der Waals surface area (Å²) < 4.78 is 15.0. The largest absolute Gasteiger partial charge is 0.450 e. The number of thiophene rings is 1. The summed E-state index contributed by atoms with van der Waals surface area (Å²) in [5.41, 5.74) is 5.36. The highest BCUT2D eigenvalue weighted by molar-refractivity contribution is 7.26. The quantitative estimate of drug-likeness (QED) is 0.211. The number of fused-ring (bicyclic) bond motifs is 5. The molecular weight excluding hydrogens is 546 g/mol. The molecule has 0 bridgehead atoms. The number of hydrogen-bond acceptors (Lipinski definition) is 4. The molecule has 0 radical (unpaired) electrons. The van der Waals surface area contributed by atoms with Crippen LogP contribution in [0.4, 0.5) is 17.1 Å². The maximum atomic E-state index is 6.32. The van der Waals surface area contributed by atoms with Crippen molar-refractivity contribution in [1.82, 2.24) is 0 Å². The van der Waals surface area contributed by atoms with Gasteiger partial charge in [0.2, 0.25) is 0 Å². The van der Waals surface area contributed by atoms with Gasteiger partial charge in [0.05, 0.1) is 11.4 Å². The molecule has 196 valence electrons. The Bertz CT molecular complexity index is 2070. The van der Waals surface area contributed by atoms with E-state index in [-0.39, 0.29) is 0 Å². The Hall–Kier alpha value is -4.77. The van der Waals surface area contributed by atoms with Gasteiger partial charge in [-0.3, -0.25) is 0 Å². The zero-order valence-electron chi connectivity index (χ0n) is 21.8. The molecule has 5 heteroatoms. The standard InChI is InChI=1S/C36H22ClNO2S/c37-25-16-14-23(15-17-25)24-20-29(36-28-10-4-7-13-34(28)41-35(36)21-24)38(26-8-2-1-3-9-26)27-18-19-32-33(22-27)40-31-12-6-5-11-30(31)39-32/h1-22H. The smallest absolute Gasteiger partial charge is 0.172 e. The lowest BCUT2D eigenvalue weighted by Gasteiger charge is -2.29. The summed E-state index contributed by atoms with van der Waals surface area (Å²) >= 11 is 8.06. The van der Waals surface area contributed by atoms with E-state index in [0.29, 0.717) is 17.2 Å². The van der Waals surface area contributed by atoms with Crippen LogP contribution in [0.15, 0.2) is 133 Å². The van der Waals surface area contributed by atoms with Gasteiger partial charge in [-0.1, -0.05) is 72.3 Å². The van der Waals surface area contributed by atoms with Gasteiger partial charge >= 0.3 is 0 Å². The van der Waals surface area contributed by atoms with Gasteiger partial charge < -0.3 is 14.4 Å². The highest BCUT2D eigenvalue weighted by atomic mass is 35.5. The molecule has 8 rings (SSSR count). The fraction of sp³-hybridized carbons (Fsp3) is 0. The molecule has 0 fully saturated rings. The third-order valence-electron chi connectivity index (χ3n) is 7.37. The molecule has 0 amide bonds. The molecule has 0 saturated heterocycles. The number of ether oxygens (including phenoxy) is 2. The summed E-state index contributed by atoms with van der Waals surface area (Å²) in [5.74, 6) is 2.80. The molecule has 7 aromatic rings. The number of para-hydroxylation sites is 3. The molecule has 6 aromatic carbocycles. The molecule has 0 aliphatic carbocycles. The van der Waals surface area contributed by atoms with Crippen LogP contribution in [-0.2, 0) is 0 Å². The van der Waals surface area contributed by atoms with Gasteiger partial charge in [-0.25, -0.2) is 0 Å². The molecular formula is C36H22ClNO2S. The minimum absolute atomic E-state index is 0.683. The maximum absolute atomic E-state index is 6.32. The average molecular weight is 568 g/mol. The van der Waals surface area contributed by atoms with E-state index in [1.54, 1.807) is 0 Å². The van der Waals surface area contributed by atoms with Gasteiger partial charge in [-0.05, 0) is 77.9 Å². The highest BCUT2D eigenvalue weighted by Crippen LogP contribution is 2.50. The van der Waals surface area contributed by atoms with Crippen molar-refractivity contribution in [2.24, 2.45) is 0 Å². The Morgan fingerprint density at radius 1 is 0.512 bits per heavy atom. The Morgan fingerprint density at radius 2 is 1.20 bits per heavy atom. The molecule has 0 unspecified atom stereocenters. The second-order valence-corrected chi connectivity index (χ2v) is 11.4. The zero-order valence-corrected chi connectivity index (χ0v) is 23.3. The van der Waals surface area contributed by atoms with Crippen LogP contribution in [-0.4, -0.2) is 0 Å². The first-order chi connectivity index (χ1) is 20.2. The lowest BCUT2D eigenvalue weighted by molar-refractivity contribution is 0.360. The second kappa shape index (κ2) is 9.70. The number of benzene rings is 6. The molecule has 2 heterocycles. The highest BCUT2D eigenvalue weighted by Gasteiger charge is 2.24. The fourth-order valence-corrected chi connectivity index (χ4v) is 6.77.